The van der Waals surface area contributed by atoms with Crippen molar-refractivity contribution in [3.8, 4) is 17.1 Å². The molecule has 0 bridgehead atoms. The van der Waals surface area contributed by atoms with Crippen LogP contribution >= 0.6 is 11.6 Å². The standard InChI is InChI=1S/C25H23ClN4O/c1-15-11-12-21(13-17(15)3)27-25(31)23-28-24(19-8-6-9-20(26)14-19)30(29-23)22-10-5-7-16(2)18(22)4/h5-14H,1-4H3,(H,27,31). The first-order valence-corrected chi connectivity index (χ1v) is 10.4. The van der Waals surface area contributed by atoms with Gasteiger partial charge in [-0.15, -0.1) is 5.10 Å². The fourth-order valence-electron chi connectivity index (χ4n) is 3.36. The third-order valence-corrected chi connectivity index (χ3v) is 5.70. The van der Waals surface area contributed by atoms with Crippen molar-refractivity contribution in [1.82, 2.24) is 14.8 Å². The van der Waals surface area contributed by atoms with Crippen molar-refractivity contribution in [2.75, 3.05) is 5.32 Å². The zero-order valence-corrected chi connectivity index (χ0v) is 18.7. The van der Waals surface area contributed by atoms with Crippen LogP contribution in [0, 0.1) is 27.7 Å². The zero-order valence-electron chi connectivity index (χ0n) is 17.9. The molecule has 156 valence electrons. The lowest BCUT2D eigenvalue weighted by Crippen LogP contribution is -2.14. The number of anilines is 1. The van der Waals surface area contributed by atoms with Gasteiger partial charge in [0.2, 0.25) is 5.82 Å². The Morgan fingerprint density at radius 1 is 0.903 bits per heavy atom. The average molecular weight is 431 g/mol. The molecule has 31 heavy (non-hydrogen) atoms. The van der Waals surface area contributed by atoms with Crippen molar-refractivity contribution in [2.24, 2.45) is 0 Å². The summed E-state index contributed by atoms with van der Waals surface area (Å²) in [4.78, 5) is 17.6. The van der Waals surface area contributed by atoms with Crippen LogP contribution in [0.2, 0.25) is 5.02 Å². The summed E-state index contributed by atoms with van der Waals surface area (Å²) in [6.45, 7) is 8.12. The van der Waals surface area contributed by atoms with Crippen LogP contribution in [0.15, 0.2) is 60.7 Å². The minimum absolute atomic E-state index is 0.0918. The fourth-order valence-corrected chi connectivity index (χ4v) is 3.55. The topological polar surface area (TPSA) is 59.8 Å². The van der Waals surface area contributed by atoms with Gasteiger partial charge in [0.25, 0.3) is 5.91 Å². The molecule has 6 heteroatoms. The number of halogens is 1. The lowest BCUT2D eigenvalue weighted by Gasteiger charge is -2.11. The number of aromatic nitrogens is 3. The zero-order chi connectivity index (χ0) is 22.1. The van der Waals surface area contributed by atoms with Crippen LogP contribution in [-0.2, 0) is 0 Å². The first-order valence-electron chi connectivity index (χ1n) is 10.0. The Balaban J connectivity index is 1.80. The van der Waals surface area contributed by atoms with E-state index in [1.807, 2.05) is 82.3 Å². The van der Waals surface area contributed by atoms with Crippen molar-refractivity contribution in [3.63, 3.8) is 0 Å². The first kappa shape index (κ1) is 20.8. The molecule has 0 aliphatic heterocycles. The lowest BCUT2D eigenvalue weighted by molar-refractivity contribution is 0.101. The van der Waals surface area contributed by atoms with Gasteiger partial charge in [0.05, 0.1) is 5.69 Å². The van der Waals surface area contributed by atoms with E-state index in [0.717, 1.165) is 27.9 Å². The molecule has 1 amide bonds. The second kappa shape index (κ2) is 8.36. The number of nitrogens with zero attached hydrogens (tertiary/aromatic N) is 3. The minimum atomic E-state index is -0.365. The summed E-state index contributed by atoms with van der Waals surface area (Å²) in [5, 5.41) is 8.07. The molecule has 0 aliphatic rings. The van der Waals surface area contributed by atoms with E-state index in [1.54, 1.807) is 10.7 Å². The highest BCUT2D eigenvalue weighted by Crippen LogP contribution is 2.26. The van der Waals surface area contributed by atoms with Gasteiger partial charge in [0.1, 0.15) is 0 Å². The number of carbonyl (C=O) groups is 1. The van der Waals surface area contributed by atoms with Crippen LogP contribution in [0.1, 0.15) is 32.9 Å². The van der Waals surface area contributed by atoms with E-state index in [-0.39, 0.29) is 11.7 Å². The van der Waals surface area contributed by atoms with Gasteiger partial charge in [-0.25, -0.2) is 9.67 Å². The molecular formula is C25H23ClN4O. The number of nitrogens with one attached hydrogen (secondary N) is 1. The fraction of sp³-hybridized carbons (Fsp3) is 0.160. The normalized spacial score (nSPS) is 10.9. The first-order chi connectivity index (χ1) is 14.8. The summed E-state index contributed by atoms with van der Waals surface area (Å²) < 4.78 is 1.71. The number of aryl methyl sites for hydroxylation is 3. The molecule has 5 nitrogen and oxygen atoms in total. The van der Waals surface area contributed by atoms with Crippen molar-refractivity contribution in [1.29, 1.82) is 0 Å². The third-order valence-electron chi connectivity index (χ3n) is 5.46. The van der Waals surface area contributed by atoms with Crippen LogP contribution in [0.25, 0.3) is 17.1 Å². The maximum atomic E-state index is 13.0. The summed E-state index contributed by atoms with van der Waals surface area (Å²) >= 11 is 6.22. The second-order valence-electron chi connectivity index (χ2n) is 7.65. The van der Waals surface area contributed by atoms with Crippen molar-refractivity contribution < 1.29 is 4.79 Å². The maximum Gasteiger partial charge on any atom is 0.295 e. The molecule has 0 saturated carbocycles. The molecule has 3 aromatic carbocycles. The molecule has 0 atom stereocenters. The number of carbonyl (C=O) groups excluding carboxylic acids is 1. The SMILES string of the molecule is Cc1ccc(NC(=O)c2nc(-c3cccc(Cl)c3)n(-c3cccc(C)c3C)n2)cc1C. The molecule has 0 saturated heterocycles. The Hall–Kier alpha value is -3.44. The highest BCUT2D eigenvalue weighted by molar-refractivity contribution is 6.30. The van der Waals surface area contributed by atoms with Gasteiger partial charge in [0, 0.05) is 16.3 Å². The predicted molar refractivity (Wildman–Crippen MR) is 125 cm³/mol. The Bertz CT molecular complexity index is 1290. The molecule has 4 aromatic rings. The van der Waals surface area contributed by atoms with E-state index >= 15 is 0 Å². The molecule has 4 rings (SSSR count). The Labute approximate surface area is 186 Å². The molecule has 0 spiro atoms. The third kappa shape index (κ3) is 4.23. The summed E-state index contributed by atoms with van der Waals surface area (Å²) in [6.07, 6.45) is 0. The Kier molecular flexibility index (Phi) is 5.61. The van der Waals surface area contributed by atoms with E-state index in [4.69, 9.17) is 11.6 Å². The van der Waals surface area contributed by atoms with Gasteiger partial charge in [-0.05, 0) is 80.3 Å². The molecule has 0 unspecified atom stereocenters. The second-order valence-corrected chi connectivity index (χ2v) is 8.09. The van der Waals surface area contributed by atoms with Gasteiger partial charge in [-0.1, -0.05) is 41.9 Å². The predicted octanol–water partition coefficient (Wildman–Crippen LogP) is 6.07. The van der Waals surface area contributed by atoms with Gasteiger partial charge < -0.3 is 5.32 Å². The van der Waals surface area contributed by atoms with Gasteiger partial charge >= 0.3 is 0 Å². The highest BCUT2D eigenvalue weighted by atomic mass is 35.5. The van der Waals surface area contributed by atoms with E-state index in [9.17, 15) is 4.79 Å². The van der Waals surface area contributed by atoms with Crippen LogP contribution in [0.4, 0.5) is 5.69 Å². The molecule has 1 heterocycles. The van der Waals surface area contributed by atoms with Crippen LogP contribution in [-0.4, -0.2) is 20.7 Å². The minimum Gasteiger partial charge on any atom is -0.319 e. The molecule has 0 fully saturated rings. The number of amides is 1. The van der Waals surface area contributed by atoms with Gasteiger partial charge in [-0.2, -0.15) is 0 Å². The maximum absolute atomic E-state index is 13.0. The quantitative estimate of drug-likeness (QED) is 0.427. The van der Waals surface area contributed by atoms with E-state index in [0.29, 0.717) is 16.5 Å². The van der Waals surface area contributed by atoms with Crippen molar-refractivity contribution in [2.45, 2.75) is 27.7 Å². The number of hydrogen-bond donors (Lipinski definition) is 1. The van der Waals surface area contributed by atoms with Crippen LogP contribution in [0.3, 0.4) is 0 Å². The number of hydrogen-bond acceptors (Lipinski definition) is 3. The smallest absolute Gasteiger partial charge is 0.295 e. The van der Waals surface area contributed by atoms with E-state index < -0.39 is 0 Å². The number of rotatable bonds is 4. The highest BCUT2D eigenvalue weighted by Gasteiger charge is 2.20. The molecule has 1 aromatic heterocycles. The summed E-state index contributed by atoms with van der Waals surface area (Å²) in [5.74, 6) is 0.283. The Morgan fingerprint density at radius 2 is 1.68 bits per heavy atom. The number of benzene rings is 3. The Morgan fingerprint density at radius 3 is 2.42 bits per heavy atom. The largest absolute Gasteiger partial charge is 0.319 e. The van der Waals surface area contributed by atoms with Crippen LogP contribution < -0.4 is 5.32 Å². The van der Waals surface area contributed by atoms with Crippen LogP contribution in [0.5, 0.6) is 0 Å². The van der Waals surface area contributed by atoms with Crippen molar-refractivity contribution in [3.05, 3.63) is 93.8 Å². The molecular weight excluding hydrogens is 408 g/mol. The summed E-state index contributed by atoms with van der Waals surface area (Å²) in [6, 6.07) is 19.2. The van der Waals surface area contributed by atoms with Crippen molar-refractivity contribution >= 4 is 23.2 Å². The van der Waals surface area contributed by atoms with Gasteiger partial charge in [-0.3, -0.25) is 4.79 Å². The molecule has 1 N–H and O–H groups in total. The van der Waals surface area contributed by atoms with E-state index in [2.05, 4.69) is 15.4 Å². The lowest BCUT2D eigenvalue weighted by atomic mass is 10.1. The van der Waals surface area contributed by atoms with Gasteiger partial charge in [0.15, 0.2) is 5.82 Å². The molecule has 0 aliphatic carbocycles. The summed E-state index contributed by atoms with van der Waals surface area (Å²) in [7, 11) is 0. The summed E-state index contributed by atoms with van der Waals surface area (Å²) in [5.41, 5.74) is 6.83. The average Bonchev–Trinajstić information content (AvgIpc) is 3.18. The van der Waals surface area contributed by atoms with E-state index in [1.165, 1.54) is 5.56 Å². The molecule has 0 radical (unpaired) electrons. The monoisotopic (exact) mass is 430 g/mol.